The quantitative estimate of drug-likeness (QED) is 0.729. The maximum atomic E-state index is 12.1. The lowest BCUT2D eigenvalue weighted by Crippen LogP contribution is -2.51. The molecule has 1 heterocycles. The van der Waals surface area contributed by atoms with Crippen molar-refractivity contribution in [2.75, 3.05) is 19.6 Å². The summed E-state index contributed by atoms with van der Waals surface area (Å²) in [5.74, 6) is -1.38. The number of rotatable bonds is 3. The maximum absolute atomic E-state index is 12.1. The van der Waals surface area contributed by atoms with Crippen molar-refractivity contribution < 1.29 is 14.7 Å². The molecule has 1 unspecified atom stereocenters. The third-order valence-corrected chi connectivity index (χ3v) is 2.90. The highest BCUT2D eigenvalue weighted by Crippen LogP contribution is 2.16. The molecule has 16 heavy (non-hydrogen) atoms. The predicted octanol–water partition coefficient (Wildman–Crippen LogP) is 0.308. The standard InChI is InChI=1S/C11H20N2O3/c1-4-5-13-7-8(9(14)15)6-12-11(2,3)10(13)16/h8,12H,4-7H2,1-3H3,(H,14,15). The van der Waals surface area contributed by atoms with Crippen molar-refractivity contribution in [3.05, 3.63) is 0 Å². The van der Waals surface area contributed by atoms with E-state index in [4.69, 9.17) is 5.11 Å². The summed E-state index contributed by atoms with van der Waals surface area (Å²) in [6, 6.07) is 0. The second-order valence-corrected chi connectivity index (χ2v) is 4.79. The van der Waals surface area contributed by atoms with Gasteiger partial charge in [0.25, 0.3) is 0 Å². The minimum Gasteiger partial charge on any atom is -0.481 e. The van der Waals surface area contributed by atoms with Crippen molar-refractivity contribution in [2.24, 2.45) is 5.92 Å². The molecule has 0 aromatic rings. The summed E-state index contributed by atoms with van der Waals surface area (Å²) in [4.78, 5) is 24.7. The minimum atomic E-state index is -0.848. The Morgan fingerprint density at radius 1 is 1.62 bits per heavy atom. The number of nitrogens with zero attached hydrogens (tertiary/aromatic N) is 1. The number of amides is 1. The average molecular weight is 228 g/mol. The molecule has 1 amide bonds. The van der Waals surface area contributed by atoms with Gasteiger partial charge in [0.05, 0.1) is 11.5 Å². The third-order valence-electron chi connectivity index (χ3n) is 2.90. The van der Waals surface area contributed by atoms with Gasteiger partial charge in [-0.2, -0.15) is 0 Å². The van der Waals surface area contributed by atoms with Gasteiger partial charge < -0.3 is 15.3 Å². The van der Waals surface area contributed by atoms with Crippen LogP contribution in [0.1, 0.15) is 27.2 Å². The molecule has 1 saturated heterocycles. The fraction of sp³-hybridized carbons (Fsp3) is 0.818. The molecule has 5 nitrogen and oxygen atoms in total. The highest BCUT2D eigenvalue weighted by atomic mass is 16.4. The van der Waals surface area contributed by atoms with Gasteiger partial charge in [0.15, 0.2) is 0 Å². The Hall–Kier alpha value is -1.10. The van der Waals surface area contributed by atoms with Gasteiger partial charge in [-0.05, 0) is 20.3 Å². The summed E-state index contributed by atoms with van der Waals surface area (Å²) < 4.78 is 0. The number of nitrogens with one attached hydrogen (secondary N) is 1. The van der Waals surface area contributed by atoms with Crippen molar-refractivity contribution in [3.63, 3.8) is 0 Å². The molecule has 0 aromatic carbocycles. The molecule has 1 atom stereocenters. The summed E-state index contributed by atoms with van der Waals surface area (Å²) in [5.41, 5.74) is -0.667. The molecular formula is C11H20N2O3. The Labute approximate surface area is 95.8 Å². The lowest BCUT2D eigenvalue weighted by Gasteiger charge is -2.28. The van der Waals surface area contributed by atoms with Crippen LogP contribution < -0.4 is 5.32 Å². The molecule has 2 N–H and O–H groups in total. The Bertz CT molecular complexity index is 289. The minimum absolute atomic E-state index is 0.0156. The van der Waals surface area contributed by atoms with Gasteiger partial charge in [-0.3, -0.25) is 9.59 Å². The van der Waals surface area contributed by atoms with Crippen molar-refractivity contribution >= 4 is 11.9 Å². The molecule has 1 aliphatic rings. The van der Waals surface area contributed by atoms with E-state index in [1.807, 2.05) is 6.92 Å². The number of hydrogen-bond acceptors (Lipinski definition) is 3. The van der Waals surface area contributed by atoms with Gasteiger partial charge in [0.2, 0.25) is 5.91 Å². The molecule has 0 aliphatic carbocycles. The average Bonchev–Trinajstić information content (AvgIpc) is 2.30. The van der Waals surface area contributed by atoms with Crippen LogP contribution in [0.25, 0.3) is 0 Å². The molecule has 1 rings (SSSR count). The van der Waals surface area contributed by atoms with E-state index in [1.54, 1.807) is 18.7 Å². The molecule has 0 bridgehead atoms. The van der Waals surface area contributed by atoms with Crippen molar-refractivity contribution in [2.45, 2.75) is 32.7 Å². The van der Waals surface area contributed by atoms with Crippen LogP contribution in [-0.4, -0.2) is 47.1 Å². The van der Waals surface area contributed by atoms with Crippen molar-refractivity contribution in [1.82, 2.24) is 10.2 Å². The van der Waals surface area contributed by atoms with Gasteiger partial charge in [-0.25, -0.2) is 0 Å². The zero-order valence-electron chi connectivity index (χ0n) is 10.1. The molecular weight excluding hydrogens is 208 g/mol. The third kappa shape index (κ3) is 2.72. The largest absolute Gasteiger partial charge is 0.481 e. The van der Waals surface area contributed by atoms with E-state index in [0.29, 0.717) is 19.6 Å². The van der Waals surface area contributed by atoms with E-state index >= 15 is 0 Å². The van der Waals surface area contributed by atoms with Crippen LogP contribution in [0, 0.1) is 5.92 Å². The molecule has 0 spiro atoms. The van der Waals surface area contributed by atoms with Gasteiger partial charge in [-0.1, -0.05) is 6.92 Å². The van der Waals surface area contributed by atoms with E-state index in [2.05, 4.69) is 5.32 Å². The first-order valence-corrected chi connectivity index (χ1v) is 5.65. The first-order chi connectivity index (χ1) is 7.38. The summed E-state index contributed by atoms with van der Waals surface area (Å²) in [6.45, 7) is 6.83. The molecule has 92 valence electrons. The number of hydrogen-bond donors (Lipinski definition) is 2. The number of aliphatic carboxylic acids is 1. The molecule has 0 saturated carbocycles. The highest BCUT2D eigenvalue weighted by molar-refractivity contribution is 5.86. The first kappa shape index (κ1) is 13.0. The van der Waals surface area contributed by atoms with Crippen LogP contribution in [0.5, 0.6) is 0 Å². The Morgan fingerprint density at radius 3 is 2.75 bits per heavy atom. The number of carboxylic acids is 1. The smallest absolute Gasteiger partial charge is 0.309 e. The topological polar surface area (TPSA) is 69.6 Å². The van der Waals surface area contributed by atoms with Gasteiger partial charge in [0, 0.05) is 19.6 Å². The van der Waals surface area contributed by atoms with E-state index in [-0.39, 0.29) is 5.91 Å². The second kappa shape index (κ2) is 4.82. The lowest BCUT2D eigenvalue weighted by molar-refractivity contribution is -0.142. The molecule has 1 aliphatic heterocycles. The zero-order chi connectivity index (χ0) is 12.3. The van der Waals surface area contributed by atoms with Gasteiger partial charge in [-0.15, -0.1) is 0 Å². The van der Waals surface area contributed by atoms with Crippen LogP contribution in [-0.2, 0) is 9.59 Å². The summed E-state index contributed by atoms with van der Waals surface area (Å²) >= 11 is 0. The summed E-state index contributed by atoms with van der Waals surface area (Å²) in [5, 5.41) is 12.0. The second-order valence-electron chi connectivity index (χ2n) is 4.79. The molecule has 0 aromatic heterocycles. The Balaban J connectivity index is 2.86. The lowest BCUT2D eigenvalue weighted by atomic mass is 10.0. The van der Waals surface area contributed by atoms with Gasteiger partial charge >= 0.3 is 5.97 Å². The molecule has 5 heteroatoms. The molecule has 1 fully saturated rings. The van der Waals surface area contributed by atoms with Crippen molar-refractivity contribution in [3.8, 4) is 0 Å². The van der Waals surface area contributed by atoms with Crippen LogP contribution in [0.4, 0.5) is 0 Å². The van der Waals surface area contributed by atoms with E-state index in [9.17, 15) is 9.59 Å². The normalized spacial score (nSPS) is 25.3. The highest BCUT2D eigenvalue weighted by Gasteiger charge is 2.37. The van der Waals surface area contributed by atoms with Crippen molar-refractivity contribution in [1.29, 1.82) is 0 Å². The van der Waals surface area contributed by atoms with E-state index < -0.39 is 17.4 Å². The fourth-order valence-electron chi connectivity index (χ4n) is 1.89. The maximum Gasteiger partial charge on any atom is 0.309 e. The number of carboxylic acid groups (broad SMARTS) is 1. The fourth-order valence-corrected chi connectivity index (χ4v) is 1.89. The summed E-state index contributed by atoms with van der Waals surface area (Å²) in [6.07, 6.45) is 0.841. The monoisotopic (exact) mass is 228 g/mol. The zero-order valence-corrected chi connectivity index (χ0v) is 10.1. The van der Waals surface area contributed by atoms with Crippen LogP contribution in [0.15, 0.2) is 0 Å². The molecule has 0 radical (unpaired) electrons. The van der Waals surface area contributed by atoms with Crippen LogP contribution in [0.2, 0.25) is 0 Å². The number of carbonyl (C=O) groups excluding carboxylic acids is 1. The van der Waals surface area contributed by atoms with Gasteiger partial charge in [0.1, 0.15) is 0 Å². The van der Waals surface area contributed by atoms with E-state index in [1.165, 1.54) is 0 Å². The first-order valence-electron chi connectivity index (χ1n) is 5.65. The van der Waals surface area contributed by atoms with E-state index in [0.717, 1.165) is 6.42 Å². The summed E-state index contributed by atoms with van der Waals surface area (Å²) in [7, 11) is 0. The Morgan fingerprint density at radius 2 is 2.25 bits per heavy atom. The number of carbonyl (C=O) groups is 2. The Kier molecular flexibility index (Phi) is 3.91. The van der Waals surface area contributed by atoms with Crippen LogP contribution in [0.3, 0.4) is 0 Å². The SMILES string of the molecule is CCCN1CC(C(=O)O)CNC(C)(C)C1=O. The van der Waals surface area contributed by atoms with Crippen LogP contribution >= 0.6 is 0 Å². The predicted molar refractivity (Wildman–Crippen MR) is 60.1 cm³/mol.